The number of aliphatic hydroxyl groups is 1. The standard InChI is InChI=1S/C14H15Cl2N3O/c1-17-13-10(15)7-11(16)14(19-13)18-8-12(20)9-5-3-2-4-6-9/h2-7,12,20H,8H2,1H3,(H2,17,18,19). The summed E-state index contributed by atoms with van der Waals surface area (Å²) in [6, 6.07) is 11.0. The van der Waals surface area contributed by atoms with Crippen LogP contribution in [0.1, 0.15) is 11.7 Å². The summed E-state index contributed by atoms with van der Waals surface area (Å²) in [5, 5.41) is 16.8. The molecule has 0 amide bonds. The van der Waals surface area contributed by atoms with Gasteiger partial charge in [-0.1, -0.05) is 53.5 Å². The first-order valence-corrected chi connectivity index (χ1v) is 6.88. The van der Waals surface area contributed by atoms with Crippen molar-refractivity contribution in [1.82, 2.24) is 4.98 Å². The van der Waals surface area contributed by atoms with Gasteiger partial charge in [0.15, 0.2) is 0 Å². The second kappa shape index (κ2) is 6.79. The molecule has 0 aliphatic carbocycles. The van der Waals surface area contributed by atoms with E-state index in [1.165, 1.54) is 0 Å². The summed E-state index contributed by atoms with van der Waals surface area (Å²) < 4.78 is 0. The summed E-state index contributed by atoms with van der Waals surface area (Å²) >= 11 is 12.0. The first-order valence-electron chi connectivity index (χ1n) is 6.12. The van der Waals surface area contributed by atoms with Crippen LogP contribution in [0.5, 0.6) is 0 Å². The number of pyridine rings is 1. The number of hydrogen-bond donors (Lipinski definition) is 3. The fourth-order valence-corrected chi connectivity index (χ4v) is 2.27. The van der Waals surface area contributed by atoms with Gasteiger partial charge in [0.25, 0.3) is 0 Å². The zero-order chi connectivity index (χ0) is 14.5. The van der Waals surface area contributed by atoms with Gasteiger partial charge in [-0.25, -0.2) is 4.98 Å². The first kappa shape index (κ1) is 14.9. The fraction of sp³-hybridized carbons (Fsp3) is 0.214. The maximum absolute atomic E-state index is 10.1. The van der Waals surface area contributed by atoms with Crippen molar-refractivity contribution in [3.05, 3.63) is 52.0 Å². The molecule has 0 bridgehead atoms. The number of rotatable bonds is 5. The monoisotopic (exact) mass is 311 g/mol. The van der Waals surface area contributed by atoms with E-state index in [2.05, 4.69) is 15.6 Å². The lowest BCUT2D eigenvalue weighted by Gasteiger charge is -2.14. The number of halogens is 2. The Bertz CT molecular complexity index is 578. The molecule has 4 nitrogen and oxygen atoms in total. The fourth-order valence-electron chi connectivity index (χ4n) is 1.75. The normalized spacial score (nSPS) is 12.0. The highest BCUT2D eigenvalue weighted by atomic mass is 35.5. The lowest BCUT2D eigenvalue weighted by Crippen LogP contribution is -2.13. The molecule has 2 aromatic rings. The average Bonchev–Trinajstić information content (AvgIpc) is 2.47. The molecule has 0 aliphatic heterocycles. The number of nitrogens with one attached hydrogen (secondary N) is 2. The Morgan fingerprint density at radius 1 is 1.15 bits per heavy atom. The smallest absolute Gasteiger partial charge is 0.147 e. The van der Waals surface area contributed by atoms with Gasteiger partial charge >= 0.3 is 0 Å². The van der Waals surface area contributed by atoms with Gasteiger partial charge in [-0.3, -0.25) is 0 Å². The van der Waals surface area contributed by atoms with Gasteiger partial charge in [-0.05, 0) is 11.6 Å². The van der Waals surface area contributed by atoms with Crippen molar-refractivity contribution < 1.29 is 5.11 Å². The minimum absolute atomic E-state index is 0.307. The molecule has 1 atom stereocenters. The molecule has 1 aromatic heterocycles. The SMILES string of the molecule is CNc1nc(NCC(O)c2ccccc2)c(Cl)cc1Cl. The Morgan fingerprint density at radius 2 is 1.80 bits per heavy atom. The van der Waals surface area contributed by atoms with E-state index >= 15 is 0 Å². The van der Waals surface area contributed by atoms with E-state index in [9.17, 15) is 5.11 Å². The van der Waals surface area contributed by atoms with Crippen molar-refractivity contribution >= 4 is 34.8 Å². The highest BCUT2D eigenvalue weighted by molar-refractivity contribution is 6.37. The molecule has 0 spiro atoms. The third-order valence-electron chi connectivity index (χ3n) is 2.81. The van der Waals surface area contributed by atoms with Gasteiger partial charge in [-0.15, -0.1) is 0 Å². The maximum Gasteiger partial charge on any atom is 0.147 e. The molecule has 0 aliphatic rings. The van der Waals surface area contributed by atoms with Gasteiger partial charge < -0.3 is 15.7 Å². The van der Waals surface area contributed by atoms with Crippen LogP contribution >= 0.6 is 23.2 Å². The van der Waals surface area contributed by atoms with Crippen molar-refractivity contribution in [2.45, 2.75) is 6.10 Å². The first-order chi connectivity index (χ1) is 9.61. The lowest BCUT2D eigenvalue weighted by molar-refractivity contribution is 0.191. The van der Waals surface area contributed by atoms with Crippen molar-refractivity contribution in [3.63, 3.8) is 0 Å². The van der Waals surface area contributed by atoms with Crippen LogP contribution in [0.2, 0.25) is 10.0 Å². The van der Waals surface area contributed by atoms with Gasteiger partial charge in [-0.2, -0.15) is 0 Å². The molecule has 2 rings (SSSR count). The predicted octanol–water partition coefficient (Wildman–Crippen LogP) is 3.58. The Labute approximate surface area is 127 Å². The maximum atomic E-state index is 10.1. The molecule has 20 heavy (non-hydrogen) atoms. The zero-order valence-corrected chi connectivity index (χ0v) is 12.4. The summed E-state index contributed by atoms with van der Waals surface area (Å²) in [7, 11) is 1.73. The second-order valence-corrected chi connectivity index (χ2v) is 5.02. The van der Waals surface area contributed by atoms with E-state index < -0.39 is 6.10 Å². The van der Waals surface area contributed by atoms with E-state index in [4.69, 9.17) is 23.2 Å². The van der Waals surface area contributed by atoms with Gasteiger partial charge in [0.2, 0.25) is 0 Å². The zero-order valence-electron chi connectivity index (χ0n) is 10.9. The minimum Gasteiger partial charge on any atom is -0.387 e. The molecular weight excluding hydrogens is 297 g/mol. The number of anilines is 2. The Balaban J connectivity index is 2.07. The summed E-state index contributed by atoms with van der Waals surface area (Å²) in [5.41, 5.74) is 0.832. The van der Waals surface area contributed by atoms with Gasteiger partial charge in [0.05, 0.1) is 16.1 Å². The molecular formula is C14H15Cl2N3O. The van der Waals surface area contributed by atoms with Crippen molar-refractivity contribution in [2.24, 2.45) is 0 Å². The molecule has 1 aromatic carbocycles. The highest BCUT2D eigenvalue weighted by Gasteiger charge is 2.11. The highest BCUT2D eigenvalue weighted by Crippen LogP contribution is 2.29. The van der Waals surface area contributed by atoms with Crippen LogP contribution in [0, 0.1) is 0 Å². The molecule has 3 N–H and O–H groups in total. The molecule has 0 saturated carbocycles. The van der Waals surface area contributed by atoms with Crippen molar-refractivity contribution in [2.75, 3.05) is 24.2 Å². The van der Waals surface area contributed by atoms with Gasteiger partial charge in [0.1, 0.15) is 11.6 Å². The number of benzene rings is 1. The average molecular weight is 312 g/mol. The van der Waals surface area contributed by atoms with Crippen LogP contribution in [0.15, 0.2) is 36.4 Å². The molecule has 0 fully saturated rings. The van der Waals surface area contributed by atoms with Crippen LogP contribution in [0.3, 0.4) is 0 Å². The quantitative estimate of drug-likeness (QED) is 0.790. The second-order valence-electron chi connectivity index (χ2n) is 4.21. The summed E-state index contributed by atoms with van der Waals surface area (Å²) in [6.07, 6.45) is -0.636. The molecule has 6 heteroatoms. The molecule has 0 radical (unpaired) electrons. The third-order valence-corrected chi connectivity index (χ3v) is 3.39. The minimum atomic E-state index is -0.636. The van der Waals surface area contributed by atoms with Gasteiger partial charge in [0, 0.05) is 13.6 Å². The van der Waals surface area contributed by atoms with Crippen LogP contribution in [-0.4, -0.2) is 23.7 Å². The largest absolute Gasteiger partial charge is 0.387 e. The molecule has 1 unspecified atom stereocenters. The van der Waals surface area contributed by atoms with E-state index in [1.807, 2.05) is 30.3 Å². The van der Waals surface area contributed by atoms with Crippen LogP contribution in [0.25, 0.3) is 0 Å². The predicted molar refractivity (Wildman–Crippen MR) is 83.7 cm³/mol. The number of aliphatic hydroxyl groups excluding tert-OH is 1. The molecule has 106 valence electrons. The van der Waals surface area contributed by atoms with Crippen molar-refractivity contribution in [1.29, 1.82) is 0 Å². The number of aromatic nitrogens is 1. The van der Waals surface area contributed by atoms with Crippen molar-refractivity contribution in [3.8, 4) is 0 Å². The van der Waals surface area contributed by atoms with E-state index in [1.54, 1.807) is 13.1 Å². The van der Waals surface area contributed by atoms with Crippen LogP contribution in [0.4, 0.5) is 11.6 Å². The number of hydrogen-bond acceptors (Lipinski definition) is 4. The Hall–Kier alpha value is -1.49. The molecule has 0 saturated heterocycles. The topological polar surface area (TPSA) is 57.2 Å². The van der Waals surface area contributed by atoms with E-state index in [0.717, 1.165) is 5.56 Å². The molecule has 1 heterocycles. The Kier molecular flexibility index (Phi) is 5.06. The van der Waals surface area contributed by atoms with E-state index in [-0.39, 0.29) is 0 Å². The summed E-state index contributed by atoms with van der Waals surface area (Å²) in [4.78, 5) is 4.26. The Morgan fingerprint density at radius 3 is 2.45 bits per heavy atom. The summed E-state index contributed by atoms with van der Waals surface area (Å²) in [6.45, 7) is 0.307. The third kappa shape index (κ3) is 3.54. The lowest BCUT2D eigenvalue weighted by atomic mass is 10.1. The van der Waals surface area contributed by atoms with E-state index in [0.29, 0.717) is 28.2 Å². The van der Waals surface area contributed by atoms with Crippen LogP contribution in [-0.2, 0) is 0 Å². The van der Waals surface area contributed by atoms with Crippen LogP contribution < -0.4 is 10.6 Å². The summed E-state index contributed by atoms with van der Waals surface area (Å²) in [5.74, 6) is 1.02. The number of nitrogens with zero attached hydrogens (tertiary/aromatic N) is 1.